The number of carbonyl (C=O) groups excluding carboxylic acids is 2. The van der Waals surface area contributed by atoms with Crippen molar-refractivity contribution in [3.05, 3.63) is 72.0 Å². The molecule has 4 rings (SSSR count). The molecule has 0 aromatic carbocycles. The fraction of sp³-hybridized carbons (Fsp3) is 0.250. The molecular weight excluding hydrogens is 410 g/mol. The Bertz CT molecular complexity index is 1190. The minimum Gasteiger partial charge on any atom is -0.503 e. The average Bonchev–Trinajstić information content (AvgIpc) is 3.40. The third-order valence-electron chi connectivity index (χ3n) is 5.22. The van der Waals surface area contributed by atoms with Crippen LogP contribution in [0.1, 0.15) is 32.4 Å². The predicted molar refractivity (Wildman–Crippen MR) is 117 cm³/mol. The molecule has 0 fully saturated rings. The second-order valence-corrected chi connectivity index (χ2v) is 8.40. The highest BCUT2D eigenvalue weighted by atomic mass is 16.5. The number of Topliss-reactive ketones (excluding diaryl/α,β-unsaturated/α-hetero) is 1. The number of aliphatic hydroxyl groups is 1. The van der Waals surface area contributed by atoms with E-state index in [-0.39, 0.29) is 17.2 Å². The molecule has 0 bridgehead atoms. The zero-order valence-corrected chi connectivity index (χ0v) is 18.2. The maximum Gasteiger partial charge on any atom is 0.294 e. The summed E-state index contributed by atoms with van der Waals surface area (Å²) in [5.74, 6) is -0.789. The molecule has 1 unspecified atom stereocenters. The largest absolute Gasteiger partial charge is 0.503 e. The number of pyridine rings is 2. The molecule has 1 amide bonds. The van der Waals surface area contributed by atoms with Crippen LogP contribution in [0.4, 0.5) is 5.69 Å². The molecular formula is C24H23N3O5. The summed E-state index contributed by atoms with van der Waals surface area (Å²) >= 11 is 0. The van der Waals surface area contributed by atoms with E-state index in [2.05, 4.69) is 9.97 Å². The number of methoxy groups -OCH3 is 1. The molecule has 8 nitrogen and oxygen atoms in total. The normalized spacial score (nSPS) is 16.6. The van der Waals surface area contributed by atoms with E-state index in [1.54, 1.807) is 69.6 Å². The van der Waals surface area contributed by atoms with Gasteiger partial charge in [-0.3, -0.25) is 19.5 Å². The summed E-state index contributed by atoms with van der Waals surface area (Å²) in [6.07, 6.45) is 4.60. The molecule has 32 heavy (non-hydrogen) atoms. The molecule has 0 saturated carbocycles. The Balaban J connectivity index is 1.86. The maximum atomic E-state index is 13.3. The number of ketones is 1. The number of aromatic nitrogens is 2. The van der Waals surface area contributed by atoms with Crippen LogP contribution >= 0.6 is 0 Å². The van der Waals surface area contributed by atoms with Crippen LogP contribution in [-0.2, 0) is 9.59 Å². The second-order valence-electron chi connectivity index (χ2n) is 8.40. The molecule has 3 aromatic heterocycles. The highest BCUT2D eigenvalue weighted by Crippen LogP contribution is 2.45. The Labute approximate surface area is 185 Å². The molecule has 0 aliphatic carbocycles. The number of hydrogen-bond donors (Lipinski definition) is 1. The average molecular weight is 433 g/mol. The Morgan fingerprint density at radius 1 is 1.16 bits per heavy atom. The lowest BCUT2D eigenvalue weighted by Crippen LogP contribution is -2.33. The minimum absolute atomic E-state index is 0.00362. The SMILES string of the molecule is COc1ncccc1C1C(C(=O)C(C)(C)C)=C(O)C(=O)N1c1ccc(-c2ccco2)nc1. The van der Waals surface area contributed by atoms with Crippen LogP contribution < -0.4 is 9.64 Å². The van der Waals surface area contributed by atoms with E-state index in [1.165, 1.54) is 18.2 Å². The first-order valence-electron chi connectivity index (χ1n) is 10.0. The van der Waals surface area contributed by atoms with Gasteiger partial charge in [-0.2, -0.15) is 0 Å². The van der Waals surface area contributed by atoms with E-state index in [4.69, 9.17) is 9.15 Å². The number of carbonyl (C=O) groups is 2. The number of anilines is 1. The van der Waals surface area contributed by atoms with Crippen molar-refractivity contribution in [2.24, 2.45) is 5.41 Å². The van der Waals surface area contributed by atoms with E-state index in [9.17, 15) is 14.7 Å². The van der Waals surface area contributed by atoms with Crippen LogP contribution in [0.2, 0.25) is 0 Å². The van der Waals surface area contributed by atoms with Gasteiger partial charge in [-0.05, 0) is 36.4 Å². The fourth-order valence-corrected chi connectivity index (χ4v) is 3.68. The molecule has 0 saturated heterocycles. The molecule has 1 atom stereocenters. The maximum absolute atomic E-state index is 13.3. The van der Waals surface area contributed by atoms with Crippen LogP contribution in [0.25, 0.3) is 11.5 Å². The Kier molecular flexibility index (Phi) is 5.30. The van der Waals surface area contributed by atoms with Gasteiger partial charge in [0.1, 0.15) is 11.7 Å². The van der Waals surface area contributed by atoms with Crippen LogP contribution in [-0.4, -0.2) is 33.9 Å². The van der Waals surface area contributed by atoms with Gasteiger partial charge in [-0.15, -0.1) is 0 Å². The Morgan fingerprint density at radius 2 is 1.94 bits per heavy atom. The smallest absolute Gasteiger partial charge is 0.294 e. The summed E-state index contributed by atoms with van der Waals surface area (Å²) in [4.78, 5) is 36.5. The summed E-state index contributed by atoms with van der Waals surface area (Å²) in [5, 5.41) is 10.8. The number of ether oxygens (including phenoxy) is 1. The van der Waals surface area contributed by atoms with Crippen LogP contribution in [0.15, 0.2) is 70.8 Å². The fourth-order valence-electron chi connectivity index (χ4n) is 3.68. The van der Waals surface area contributed by atoms with Gasteiger partial charge in [0.2, 0.25) is 5.88 Å². The number of nitrogens with zero attached hydrogens (tertiary/aromatic N) is 3. The van der Waals surface area contributed by atoms with Gasteiger partial charge in [0.15, 0.2) is 17.3 Å². The molecule has 1 aliphatic heterocycles. The van der Waals surface area contributed by atoms with Gasteiger partial charge in [0.25, 0.3) is 5.91 Å². The summed E-state index contributed by atoms with van der Waals surface area (Å²) in [7, 11) is 1.46. The van der Waals surface area contributed by atoms with Crippen molar-refractivity contribution in [3.8, 4) is 17.3 Å². The van der Waals surface area contributed by atoms with Crippen molar-refractivity contribution in [2.45, 2.75) is 26.8 Å². The van der Waals surface area contributed by atoms with Gasteiger partial charge < -0.3 is 14.3 Å². The molecule has 0 radical (unpaired) electrons. The summed E-state index contributed by atoms with van der Waals surface area (Å²) in [6.45, 7) is 5.21. The lowest BCUT2D eigenvalue weighted by atomic mass is 9.82. The van der Waals surface area contributed by atoms with E-state index in [1.807, 2.05) is 0 Å². The van der Waals surface area contributed by atoms with E-state index >= 15 is 0 Å². The molecule has 164 valence electrons. The number of furan rings is 1. The minimum atomic E-state index is -0.922. The first kappa shape index (κ1) is 21.3. The van der Waals surface area contributed by atoms with Crippen molar-refractivity contribution in [1.29, 1.82) is 0 Å². The van der Waals surface area contributed by atoms with Gasteiger partial charge in [0, 0.05) is 17.2 Å². The van der Waals surface area contributed by atoms with Crippen LogP contribution in [0.5, 0.6) is 5.88 Å². The number of amides is 1. The third kappa shape index (κ3) is 3.53. The highest BCUT2D eigenvalue weighted by molar-refractivity contribution is 6.17. The zero-order valence-electron chi connectivity index (χ0n) is 18.2. The lowest BCUT2D eigenvalue weighted by molar-refractivity contribution is -0.123. The van der Waals surface area contributed by atoms with E-state index < -0.39 is 23.1 Å². The monoisotopic (exact) mass is 433 g/mol. The van der Waals surface area contributed by atoms with Crippen molar-refractivity contribution < 1.29 is 23.8 Å². The quantitative estimate of drug-likeness (QED) is 0.641. The van der Waals surface area contributed by atoms with E-state index in [0.29, 0.717) is 22.7 Å². The zero-order chi connectivity index (χ0) is 23.0. The van der Waals surface area contributed by atoms with Crippen molar-refractivity contribution >= 4 is 17.4 Å². The number of hydrogen-bond acceptors (Lipinski definition) is 7. The number of aliphatic hydroxyl groups excluding tert-OH is 1. The summed E-state index contributed by atoms with van der Waals surface area (Å²) in [5.41, 5.74) is 0.655. The Hall–Kier alpha value is -3.94. The first-order valence-corrected chi connectivity index (χ1v) is 10.0. The topological polar surface area (TPSA) is 106 Å². The van der Waals surface area contributed by atoms with E-state index in [0.717, 1.165) is 0 Å². The van der Waals surface area contributed by atoms with Crippen molar-refractivity contribution in [1.82, 2.24) is 9.97 Å². The molecule has 4 heterocycles. The first-order chi connectivity index (χ1) is 15.2. The lowest BCUT2D eigenvalue weighted by Gasteiger charge is -2.29. The molecule has 8 heteroatoms. The van der Waals surface area contributed by atoms with Gasteiger partial charge in [0.05, 0.1) is 30.8 Å². The summed E-state index contributed by atoms with van der Waals surface area (Å²) < 4.78 is 10.8. The highest BCUT2D eigenvalue weighted by Gasteiger charge is 2.47. The Morgan fingerprint density at radius 3 is 2.53 bits per heavy atom. The number of rotatable bonds is 5. The van der Waals surface area contributed by atoms with Crippen LogP contribution in [0, 0.1) is 5.41 Å². The third-order valence-corrected chi connectivity index (χ3v) is 5.22. The van der Waals surface area contributed by atoms with Crippen molar-refractivity contribution in [3.63, 3.8) is 0 Å². The van der Waals surface area contributed by atoms with Gasteiger partial charge in [-0.1, -0.05) is 20.8 Å². The van der Waals surface area contributed by atoms with Gasteiger partial charge in [-0.25, -0.2) is 4.98 Å². The van der Waals surface area contributed by atoms with Crippen LogP contribution in [0.3, 0.4) is 0 Å². The second kappa shape index (κ2) is 7.96. The molecule has 0 spiro atoms. The van der Waals surface area contributed by atoms with Gasteiger partial charge >= 0.3 is 0 Å². The standard InChI is InChI=1S/C24H23N3O5/c1-24(2,3)21(29)18-19(15-7-5-11-25-22(15)31-4)27(23(30)20(18)28)14-9-10-16(26-13-14)17-8-6-12-32-17/h5-13,19,28H,1-4H3. The predicted octanol–water partition coefficient (Wildman–Crippen LogP) is 4.26. The molecule has 1 aliphatic rings. The van der Waals surface area contributed by atoms with Crippen molar-refractivity contribution in [2.75, 3.05) is 12.0 Å². The molecule has 1 N–H and O–H groups in total. The summed E-state index contributed by atoms with van der Waals surface area (Å²) in [6, 6.07) is 9.42. The molecule has 3 aromatic rings.